The second-order valence-electron chi connectivity index (χ2n) is 4.35. The molecule has 10 heteroatoms. The summed E-state index contributed by atoms with van der Waals surface area (Å²) in [6, 6.07) is -0.126. The molecule has 0 saturated carbocycles. The Morgan fingerprint density at radius 2 is 2.29 bits per heavy atom. The van der Waals surface area contributed by atoms with Gasteiger partial charge in [0.15, 0.2) is 11.5 Å². The van der Waals surface area contributed by atoms with Crippen molar-refractivity contribution in [1.82, 2.24) is 9.97 Å². The van der Waals surface area contributed by atoms with E-state index >= 15 is 0 Å². The summed E-state index contributed by atoms with van der Waals surface area (Å²) >= 11 is 11.6. The number of aromatic carboxylic acids is 1. The van der Waals surface area contributed by atoms with Gasteiger partial charge in [0, 0.05) is 6.04 Å². The summed E-state index contributed by atoms with van der Waals surface area (Å²) in [6.07, 6.45) is 0.192. The molecule has 0 amide bonds. The van der Waals surface area contributed by atoms with Crippen molar-refractivity contribution >= 4 is 35.0 Å². The Balaban J connectivity index is 0.00000220. The maximum Gasteiger partial charge on any atom is 1.00 e. The maximum absolute atomic E-state index is 11.0. The monoisotopic (exact) mass is 329 g/mol. The molecule has 0 bridgehead atoms. The number of carboxylic acids is 1. The number of rotatable bonds is 7. The summed E-state index contributed by atoms with van der Waals surface area (Å²) in [5.74, 6) is -1.10. The van der Waals surface area contributed by atoms with Crippen molar-refractivity contribution in [2.24, 2.45) is 0 Å². The van der Waals surface area contributed by atoms with Crippen LogP contribution in [0.3, 0.4) is 0 Å². The predicted molar refractivity (Wildman–Crippen MR) is 73.8 cm³/mol. The zero-order chi connectivity index (χ0) is 14.7. The number of carbonyl (C=O) groups is 1. The van der Waals surface area contributed by atoms with Crippen molar-refractivity contribution in [2.75, 3.05) is 25.1 Å². The van der Waals surface area contributed by atoms with Gasteiger partial charge in [-0.3, -0.25) is 0 Å². The molecule has 2 atom stereocenters. The van der Waals surface area contributed by atoms with Crippen molar-refractivity contribution < 1.29 is 39.7 Å². The fourth-order valence-electron chi connectivity index (χ4n) is 1.47. The Bertz CT molecular complexity index is 522. The molecule has 0 unspecified atom stereocenters. The number of hydrogen-bond acceptors (Lipinski definition) is 6. The third-order valence-electron chi connectivity index (χ3n) is 2.48. The molecule has 21 heavy (non-hydrogen) atoms. The van der Waals surface area contributed by atoms with Gasteiger partial charge in [-0.05, 0) is 18.5 Å². The van der Waals surface area contributed by atoms with Crippen molar-refractivity contribution in [3.63, 3.8) is 0 Å². The Morgan fingerprint density at radius 1 is 1.62 bits per heavy atom. The average molecular weight is 330 g/mol. The summed E-state index contributed by atoms with van der Waals surface area (Å²) in [4.78, 5) is 18.4. The van der Waals surface area contributed by atoms with E-state index in [4.69, 9.17) is 37.8 Å². The fraction of sp³-hybridized carbons (Fsp3) is 0.545. The van der Waals surface area contributed by atoms with Gasteiger partial charge in [-0.15, -0.1) is 0 Å². The molecular formula is C11H14Cl2LiN3O4. The van der Waals surface area contributed by atoms with Gasteiger partial charge in [0.05, 0.1) is 19.8 Å². The van der Waals surface area contributed by atoms with Crippen LogP contribution in [0.1, 0.15) is 18.8 Å². The third-order valence-corrected chi connectivity index (χ3v) is 3.01. The molecule has 2 rings (SSSR count). The molecule has 112 valence electrons. The zero-order valence-corrected chi connectivity index (χ0v) is 13.1. The molecule has 1 aliphatic rings. The molecule has 0 aromatic carbocycles. The molecular weight excluding hydrogens is 316 g/mol. The average Bonchev–Trinajstić information content (AvgIpc) is 3.17. The molecule has 1 aromatic rings. The van der Waals surface area contributed by atoms with Crippen molar-refractivity contribution in [3.8, 4) is 0 Å². The fourth-order valence-corrected chi connectivity index (χ4v) is 1.86. The molecule has 2 heterocycles. The number of anilines is 1. The SMILES string of the molecule is C[C@H](COC[C@@H]1CO1)Nc1nc(Cl)nc(C(=O)O)c1Cl.[H-].[Li+]. The van der Waals surface area contributed by atoms with Gasteiger partial charge in [0.25, 0.3) is 0 Å². The van der Waals surface area contributed by atoms with Crippen LogP contribution < -0.4 is 24.2 Å². The summed E-state index contributed by atoms with van der Waals surface area (Å²) < 4.78 is 10.4. The van der Waals surface area contributed by atoms with Gasteiger partial charge in [-0.1, -0.05) is 11.6 Å². The second-order valence-corrected chi connectivity index (χ2v) is 5.06. The van der Waals surface area contributed by atoms with Crippen LogP contribution in [0.2, 0.25) is 10.3 Å². The van der Waals surface area contributed by atoms with E-state index < -0.39 is 5.97 Å². The third kappa shape index (κ3) is 5.62. The van der Waals surface area contributed by atoms with Crippen LogP contribution in [0.5, 0.6) is 0 Å². The molecule has 7 nitrogen and oxygen atoms in total. The van der Waals surface area contributed by atoms with Crippen LogP contribution in [-0.4, -0.2) is 53.0 Å². The Labute approximate surface area is 145 Å². The topological polar surface area (TPSA) is 96.9 Å². The smallest absolute Gasteiger partial charge is 1.00 e. The van der Waals surface area contributed by atoms with E-state index in [1.165, 1.54) is 0 Å². The maximum atomic E-state index is 11.0. The first-order valence-corrected chi connectivity index (χ1v) is 6.65. The van der Waals surface area contributed by atoms with E-state index in [1.807, 2.05) is 6.92 Å². The molecule has 1 fully saturated rings. The minimum Gasteiger partial charge on any atom is -1.00 e. The van der Waals surface area contributed by atoms with Gasteiger partial charge >= 0.3 is 24.8 Å². The Hall–Kier alpha value is -0.553. The molecule has 1 saturated heterocycles. The van der Waals surface area contributed by atoms with Gasteiger partial charge in [0.1, 0.15) is 11.1 Å². The van der Waals surface area contributed by atoms with Crippen LogP contribution in [0, 0.1) is 0 Å². The van der Waals surface area contributed by atoms with Gasteiger partial charge in [0.2, 0.25) is 5.28 Å². The first kappa shape index (κ1) is 18.5. The van der Waals surface area contributed by atoms with E-state index in [0.717, 1.165) is 6.61 Å². The first-order valence-electron chi connectivity index (χ1n) is 5.89. The van der Waals surface area contributed by atoms with Crippen molar-refractivity contribution in [3.05, 3.63) is 16.0 Å². The van der Waals surface area contributed by atoms with E-state index in [-0.39, 0.29) is 54.3 Å². The number of aromatic nitrogens is 2. The molecule has 1 aromatic heterocycles. The first-order chi connectivity index (χ1) is 9.47. The van der Waals surface area contributed by atoms with Crippen molar-refractivity contribution in [1.29, 1.82) is 0 Å². The number of carboxylic acid groups (broad SMARTS) is 1. The normalized spacial score (nSPS) is 17.8. The number of hydrogen-bond donors (Lipinski definition) is 2. The van der Waals surface area contributed by atoms with Crippen LogP contribution in [-0.2, 0) is 9.47 Å². The Morgan fingerprint density at radius 3 is 2.86 bits per heavy atom. The van der Waals surface area contributed by atoms with Gasteiger partial charge < -0.3 is 21.3 Å². The predicted octanol–water partition coefficient (Wildman–Crippen LogP) is -1.19. The van der Waals surface area contributed by atoms with Crippen molar-refractivity contribution in [2.45, 2.75) is 19.1 Å². The largest absolute Gasteiger partial charge is 1.00 e. The summed E-state index contributed by atoms with van der Waals surface area (Å²) in [6.45, 7) is 3.52. The second kappa shape index (κ2) is 8.18. The summed E-state index contributed by atoms with van der Waals surface area (Å²) in [5, 5.41) is 11.6. The molecule has 0 aliphatic carbocycles. The van der Waals surface area contributed by atoms with Gasteiger partial charge in [-0.25, -0.2) is 9.78 Å². The number of nitrogens with zero attached hydrogens (tertiary/aromatic N) is 2. The number of halogens is 2. The standard InChI is InChI=1S/C11H13Cl2N3O4.Li.H/c1-5(2-19-3-6-4-20-6)14-9-7(12)8(10(17)18)15-11(13)16-9;;/h5-6H,2-4H2,1H3,(H,17,18)(H,14,15,16);;/q;+1;-1/t5-,6-;;/m1../s1. The van der Waals surface area contributed by atoms with E-state index in [0.29, 0.717) is 13.2 Å². The summed E-state index contributed by atoms with van der Waals surface area (Å²) in [7, 11) is 0. The van der Waals surface area contributed by atoms with Crippen LogP contribution in [0.15, 0.2) is 0 Å². The number of nitrogens with one attached hydrogen (secondary N) is 1. The molecule has 2 N–H and O–H groups in total. The van der Waals surface area contributed by atoms with E-state index in [2.05, 4.69) is 15.3 Å². The summed E-state index contributed by atoms with van der Waals surface area (Å²) in [5.41, 5.74) is -0.339. The van der Waals surface area contributed by atoms with Crippen LogP contribution in [0.25, 0.3) is 0 Å². The molecule has 1 aliphatic heterocycles. The van der Waals surface area contributed by atoms with Crippen LogP contribution >= 0.6 is 23.2 Å². The van der Waals surface area contributed by atoms with Crippen LogP contribution in [0.4, 0.5) is 5.82 Å². The zero-order valence-electron chi connectivity index (χ0n) is 12.6. The Kier molecular flexibility index (Phi) is 7.20. The van der Waals surface area contributed by atoms with E-state index in [1.54, 1.807) is 0 Å². The quantitative estimate of drug-likeness (QED) is 0.369. The number of ether oxygens (including phenoxy) is 2. The number of epoxide rings is 1. The molecule has 0 radical (unpaired) electrons. The minimum absolute atomic E-state index is 0. The minimum atomic E-state index is -1.27. The molecule has 0 spiro atoms. The van der Waals surface area contributed by atoms with E-state index in [9.17, 15) is 4.79 Å². The van der Waals surface area contributed by atoms with Gasteiger partial charge in [-0.2, -0.15) is 4.98 Å².